The molecule has 1 amide bonds. The predicted molar refractivity (Wildman–Crippen MR) is 79.2 cm³/mol. The van der Waals surface area contributed by atoms with Gasteiger partial charge in [-0.2, -0.15) is 0 Å². The number of carbonyl (C=O) groups is 1. The summed E-state index contributed by atoms with van der Waals surface area (Å²) < 4.78 is 23.2. The molecular weight excluding hydrogens is 303 g/mol. The van der Waals surface area contributed by atoms with Crippen LogP contribution < -0.4 is 5.32 Å². The van der Waals surface area contributed by atoms with E-state index in [1.165, 1.54) is 18.2 Å². The number of ether oxygens (including phenoxy) is 1. The number of nitrogens with zero attached hydrogens (tertiary/aromatic N) is 1. The van der Waals surface area contributed by atoms with Crippen LogP contribution in [0.25, 0.3) is 11.3 Å². The molecule has 1 saturated heterocycles. The number of nitrogens with one attached hydrogen (secondary N) is 1. The van der Waals surface area contributed by atoms with Crippen molar-refractivity contribution in [2.45, 2.75) is 18.4 Å². The van der Waals surface area contributed by atoms with E-state index in [1.54, 1.807) is 12.1 Å². The van der Waals surface area contributed by atoms with Gasteiger partial charge in [-0.05, 0) is 24.3 Å². The van der Waals surface area contributed by atoms with Crippen LogP contribution in [-0.4, -0.2) is 41.5 Å². The molecule has 2 heterocycles. The number of halogens is 1. The number of hydrogen-bond donors (Lipinski definition) is 2. The molecule has 6 nitrogen and oxygen atoms in total. The van der Waals surface area contributed by atoms with E-state index in [0.29, 0.717) is 37.4 Å². The van der Waals surface area contributed by atoms with E-state index < -0.39 is 11.5 Å². The lowest BCUT2D eigenvalue weighted by atomic mass is 9.94. The second-order valence-corrected chi connectivity index (χ2v) is 5.60. The Balaban J connectivity index is 1.63. The molecule has 1 fully saturated rings. The van der Waals surface area contributed by atoms with Crippen LogP contribution in [0, 0.1) is 5.82 Å². The summed E-state index contributed by atoms with van der Waals surface area (Å²) in [4.78, 5) is 12.1. The van der Waals surface area contributed by atoms with Crippen molar-refractivity contribution >= 4 is 5.91 Å². The zero-order chi connectivity index (χ0) is 16.3. The van der Waals surface area contributed by atoms with Crippen LogP contribution in [0.2, 0.25) is 0 Å². The molecule has 0 radical (unpaired) electrons. The van der Waals surface area contributed by atoms with Crippen molar-refractivity contribution in [2.24, 2.45) is 0 Å². The number of aliphatic hydroxyl groups is 1. The predicted octanol–water partition coefficient (Wildman–Crippen LogP) is 1.75. The zero-order valence-corrected chi connectivity index (χ0v) is 12.4. The third-order valence-electron chi connectivity index (χ3n) is 3.87. The Morgan fingerprint density at radius 3 is 2.70 bits per heavy atom. The molecule has 0 saturated carbocycles. The highest BCUT2D eigenvalue weighted by molar-refractivity contribution is 5.93. The number of hydrogen-bond acceptors (Lipinski definition) is 5. The third kappa shape index (κ3) is 3.75. The Bertz CT molecular complexity index is 678. The van der Waals surface area contributed by atoms with Crippen LogP contribution in [0.4, 0.5) is 4.39 Å². The fourth-order valence-electron chi connectivity index (χ4n) is 2.40. The molecule has 2 N–H and O–H groups in total. The second-order valence-electron chi connectivity index (χ2n) is 5.60. The Morgan fingerprint density at radius 1 is 1.30 bits per heavy atom. The lowest BCUT2D eigenvalue weighted by Gasteiger charge is -2.31. The molecule has 0 spiro atoms. The maximum Gasteiger partial charge on any atom is 0.273 e. The first kappa shape index (κ1) is 15.6. The summed E-state index contributed by atoms with van der Waals surface area (Å²) in [5.41, 5.74) is -0.210. The van der Waals surface area contributed by atoms with E-state index in [1.807, 2.05) is 0 Å². The highest BCUT2D eigenvalue weighted by atomic mass is 19.1. The topological polar surface area (TPSA) is 84.6 Å². The fourth-order valence-corrected chi connectivity index (χ4v) is 2.40. The largest absolute Gasteiger partial charge is 0.388 e. The molecule has 0 unspecified atom stereocenters. The lowest BCUT2D eigenvalue weighted by Crippen LogP contribution is -2.46. The zero-order valence-electron chi connectivity index (χ0n) is 12.4. The van der Waals surface area contributed by atoms with Gasteiger partial charge in [-0.1, -0.05) is 5.16 Å². The number of benzene rings is 1. The summed E-state index contributed by atoms with van der Waals surface area (Å²) >= 11 is 0. The van der Waals surface area contributed by atoms with E-state index in [2.05, 4.69) is 10.5 Å². The van der Waals surface area contributed by atoms with Crippen molar-refractivity contribution in [1.29, 1.82) is 0 Å². The summed E-state index contributed by atoms with van der Waals surface area (Å²) in [5, 5.41) is 16.7. The minimum Gasteiger partial charge on any atom is -0.388 e. The average molecular weight is 320 g/mol. The molecule has 0 atom stereocenters. The van der Waals surface area contributed by atoms with Crippen LogP contribution in [0.5, 0.6) is 0 Å². The lowest BCUT2D eigenvalue weighted by molar-refractivity contribution is -0.0605. The number of rotatable bonds is 4. The summed E-state index contributed by atoms with van der Waals surface area (Å²) in [5.74, 6) is -0.405. The monoisotopic (exact) mass is 320 g/mol. The third-order valence-corrected chi connectivity index (χ3v) is 3.87. The summed E-state index contributed by atoms with van der Waals surface area (Å²) in [6.45, 7) is 1.09. The van der Waals surface area contributed by atoms with Gasteiger partial charge in [-0.25, -0.2) is 4.39 Å². The second kappa shape index (κ2) is 6.47. The minimum absolute atomic E-state index is 0.111. The van der Waals surface area contributed by atoms with Gasteiger partial charge in [0.2, 0.25) is 0 Å². The molecule has 1 aliphatic rings. The van der Waals surface area contributed by atoms with Gasteiger partial charge in [0.1, 0.15) is 5.82 Å². The summed E-state index contributed by atoms with van der Waals surface area (Å²) in [6, 6.07) is 7.18. The van der Waals surface area contributed by atoms with Gasteiger partial charge >= 0.3 is 0 Å². The fraction of sp³-hybridized carbons (Fsp3) is 0.375. The molecule has 1 aromatic carbocycles. The number of carbonyl (C=O) groups excluding carboxylic acids is 1. The van der Waals surface area contributed by atoms with E-state index in [4.69, 9.17) is 9.26 Å². The van der Waals surface area contributed by atoms with Gasteiger partial charge in [-0.3, -0.25) is 4.79 Å². The normalized spacial score (nSPS) is 17.0. The molecule has 2 aromatic rings. The standard InChI is InChI=1S/C16H17FN2O4/c17-12-3-1-11(2-4-12)14-9-13(19-23-14)15(20)18-10-16(21)5-7-22-8-6-16/h1-4,9,21H,5-8,10H2,(H,18,20). The first-order chi connectivity index (χ1) is 11.1. The van der Waals surface area contributed by atoms with E-state index >= 15 is 0 Å². The van der Waals surface area contributed by atoms with E-state index in [0.717, 1.165) is 0 Å². The van der Waals surface area contributed by atoms with Gasteiger partial charge in [0.25, 0.3) is 5.91 Å². The van der Waals surface area contributed by atoms with Gasteiger partial charge in [0.05, 0.1) is 5.60 Å². The first-order valence-corrected chi connectivity index (χ1v) is 7.37. The first-order valence-electron chi connectivity index (χ1n) is 7.37. The highest BCUT2D eigenvalue weighted by Crippen LogP contribution is 2.21. The molecule has 122 valence electrons. The maximum atomic E-state index is 12.9. The molecule has 23 heavy (non-hydrogen) atoms. The van der Waals surface area contributed by atoms with Crippen molar-refractivity contribution < 1.29 is 23.6 Å². The summed E-state index contributed by atoms with van der Waals surface area (Å²) in [6.07, 6.45) is 0.958. The van der Waals surface area contributed by atoms with E-state index in [9.17, 15) is 14.3 Å². The van der Waals surface area contributed by atoms with Crippen molar-refractivity contribution in [3.05, 3.63) is 41.8 Å². The van der Waals surface area contributed by atoms with Crippen LogP contribution in [0.15, 0.2) is 34.9 Å². The minimum atomic E-state index is -0.947. The molecule has 0 bridgehead atoms. The Kier molecular flexibility index (Phi) is 4.40. The SMILES string of the molecule is O=C(NCC1(O)CCOCC1)c1cc(-c2ccc(F)cc2)on1. The Hall–Kier alpha value is -2.25. The average Bonchev–Trinajstić information content (AvgIpc) is 3.04. The van der Waals surface area contributed by atoms with Crippen LogP contribution in [-0.2, 0) is 4.74 Å². The molecule has 7 heteroatoms. The molecule has 1 aliphatic heterocycles. The summed E-state index contributed by atoms with van der Waals surface area (Å²) in [7, 11) is 0. The van der Waals surface area contributed by atoms with Crippen LogP contribution in [0.1, 0.15) is 23.3 Å². The van der Waals surface area contributed by atoms with Crippen molar-refractivity contribution in [2.75, 3.05) is 19.8 Å². The molecule has 3 rings (SSSR count). The maximum absolute atomic E-state index is 12.9. The number of aromatic nitrogens is 1. The Labute approximate surface area is 132 Å². The van der Waals surface area contributed by atoms with Gasteiger partial charge in [0.15, 0.2) is 11.5 Å². The van der Waals surface area contributed by atoms with Crippen molar-refractivity contribution in [1.82, 2.24) is 10.5 Å². The van der Waals surface area contributed by atoms with Gasteiger partial charge in [0, 0.05) is 44.2 Å². The molecule has 1 aromatic heterocycles. The van der Waals surface area contributed by atoms with Crippen LogP contribution >= 0.6 is 0 Å². The van der Waals surface area contributed by atoms with Crippen LogP contribution in [0.3, 0.4) is 0 Å². The quantitative estimate of drug-likeness (QED) is 0.896. The van der Waals surface area contributed by atoms with Crippen molar-refractivity contribution in [3.8, 4) is 11.3 Å². The smallest absolute Gasteiger partial charge is 0.273 e. The number of amides is 1. The Morgan fingerprint density at radius 2 is 2.00 bits per heavy atom. The van der Waals surface area contributed by atoms with E-state index in [-0.39, 0.29) is 18.1 Å². The van der Waals surface area contributed by atoms with Gasteiger partial charge < -0.3 is 19.7 Å². The molecular formula is C16H17FN2O4. The molecule has 0 aliphatic carbocycles. The van der Waals surface area contributed by atoms with Crippen molar-refractivity contribution in [3.63, 3.8) is 0 Å². The highest BCUT2D eigenvalue weighted by Gasteiger charge is 2.30. The van der Waals surface area contributed by atoms with Gasteiger partial charge in [-0.15, -0.1) is 0 Å².